The van der Waals surface area contributed by atoms with Gasteiger partial charge in [0.25, 0.3) is 0 Å². The van der Waals surface area contributed by atoms with E-state index < -0.39 is 21.9 Å². The fourth-order valence-corrected chi connectivity index (χ4v) is 4.56. The van der Waals surface area contributed by atoms with Crippen LogP contribution in [0.4, 0.5) is 16.4 Å². The molecule has 4 N–H and O–H groups in total. The number of halogens is 2. The third kappa shape index (κ3) is 5.84. The molecule has 0 fully saturated rings. The Balaban J connectivity index is 1.63. The van der Waals surface area contributed by atoms with Crippen molar-refractivity contribution in [3.63, 3.8) is 0 Å². The zero-order valence-corrected chi connectivity index (χ0v) is 18.7. The van der Waals surface area contributed by atoms with Crippen LogP contribution in [0, 0.1) is 0 Å². The molecule has 0 unspecified atom stereocenters. The maximum absolute atomic E-state index is 12.6. The molecule has 2 aromatic carbocycles. The molecule has 2 amide bonds. The monoisotopic (exact) mass is 479 g/mol. The number of carbonyl (C=O) groups is 1. The predicted octanol–water partition coefficient (Wildman–Crippen LogP) is 4.22. The second-order valence-corrected chi connectivity index (χ2v) is 9.47. The Morgan fingerprint density at radius 3 is 2.39 bits per heavy atom. The van der Waals surface area contributed by atoms with Gasteiger partial charge >= 0.3 is 6.03 Å². The highest BCUT2D eigenvalue weighted by molar-refractivity contribution is 7.90. The number of nitrogen functional groups attached to an aromatic ring is 1. The zero-order chi connectivity index (χ0) is 22.6. The van der Waals surface area contributed by atoms with E-state index >= 15 is 0 Å². The van der Waals surface area contributed by atoms with Crippen LogP contribution in [0.2, 0.25) is 10.0 Å². The number of sulfone groups is 1. The van der Waals surface area contributed by atoms with Crippen LogP contribution in [0.15, 0.2) is 59.8 Å². The number of anilines is 2. The zero-order valence-electron chi connectivity index (χ0n) is 16.3. The molecule has 0 saturated carbocycles. The second kappa shape index (κ2) is 9.51. The van der Waals surface area contributed by atoms with Crippen LogP contribution in [0.1, 0.15) is 24.1 Å². The number of urea groups is 1. The molecular weight excluding hydrogens is 461 g/mol. The lowest BCUT2D eigenvalue weighted by Gasteiger charge is -2.17. The summed E-state index contributed by atoms with van der Waals surface area (Å²) >= 11 is 12.2. The van der Waals surface area contributed by atoms with Gasteiger partial charge in [-0.15, -0.1) is 0 Å². The third-order valence-electron chi connectivity index (χ3n) is 4.35. The Morgan fingerprint density at radius 1 is 1.10 bits per heavy atom. The van der Waals surface area contributed by atoms with Crippen LogP contribution >= 0.6 is 23.2 Å². The second-order valence-electron chi connectivity index (χ2n) is 6.70. The summed E-state index contributed by atoms with van der Waals surface area (Å²) < 4.78 is 25.1. The van der Waals surface area contributed by atoms with Crippen LogP contribution in [0.3, 0.4) is 0 Å². The smallest absolute Gasteiger partial charge is 0.319 e. The molecule has 0 spiro atoms. The highest BCUT2D eigenvalue weighted by Crippen LogP contribution is 2.29. The Labute approximate surface area is 189 Å². The molecule has 0 saturated heterocycles. The van der Waals surface area contributed by atoms with Crippen LogP contribution in [-0.4, -0.2) is 24.4 Å². The van der Waals surface area contributed by atoms with Gasteiger partial charge in [0.05, 0.1) is 26.7 Å². The maximum atomic E-state index is 12.6. The van der Waals surface area contributed by atoms with Crippen molar-refractivity contribution in [2.24, 2.45) is 0 Å². The summed E-state index contributed by atoms with van der Waals surface area (Å²) in [6.45, 7) is 1.77. The first kappa shape index (κ1) is 22.8. The first-order valence-corrected chi connectivity index (χ1v) is 11.5. The molecule has 8 nitrogen and oxygen atoms in total. The lowest BCUT2D eigenvalue weighted by molar-refractivity contribution is 0.249. The van der Waals surface area contributed by atoms with Gasteiger partial charge in [0.15, 0.2) is 9.84 Å². The number of hydrogen-bond acceptors (Lipinski definition) is 6. The van der Waals surface area contributed by atoms with Crippen LogP contribution in [0.5, 0.6) is 0 Å². The van der Waals surface area contributed by atoms with Gasteiger partial charge in [-0.1, -0.05) is 35.3 Å². The lowest BCUT2D eigenvalue weighted by Crippen LogP contribution is -2.31. The molecule has 31 heavy (non-hydrogen) atoms. The number of benzene rings is 2. The molecule has 0 aliphatic heterocycles. The van der Waals surface area contributed by atoms with Crippen molar-refractivity contribution in [1.82, 2.24) is 15.3 Å². The van der Waals surface area contributed by atoms with E-state index in [-0.39, 0.29) is 16.6 Å². The van der Waals surface area contributed by atoms with Crippen molar-refractivity contribution in [2.45, 2.75) is 23.6 Å². The molecule has 162 valence electrons. The van der Waals surface area contributed by atoms with Crippen molar-refractivity contribution in [3.05, 3.63) is 76.0 Å². The first-order valence-electron chi connectivity index (χ1n) is 9.06. The largest absolute Gasteiger partial charge is 0.368 e. The van der Waals surface area contributed by atoms with Crippen molar-refractivity contribution >= 4 is 50.7 Å². The third-order valence-corrected chi connectivity index (χ3v) is 6.89. The fraction of sp³-hybridized carbons (Fsp3) is 0.150. The minimum absolute atomic E-state index is 0.0711. The number of nitrogens with zero attached hydrogens (tertiary/aromatic N) is 2. The summed E-state index contributed by atoms with van der Waals surface area (Å²) in [6.07, 6.45) is 2.74. The average molecular weight is 480 g/mol. The van der Waals surface area contributed by atoms with Gasteiger partial charge < -0.3 is 16.4 Å². The van der Waals surface area contributed by atoms with Gasteiger partial charge in [-0.05, 0) is 42.8 Å². The van der Waals surface area contributed by atoms with Crippen molar-refractivity contribution in [2.75, 3.05) is 11.1 Å². The number of amides is 2. The van der Waals surface area contributed by atoms with E-state index in [1.807, 2.05) is 0 Å². The number of aromatic nitrogens is 2. The van der Waals surface area contributed by atoms with Gasteiger partial charge in [-0.3, -0.25) is 0 Å². The molecule has 11 heteroatoms. The Hall–Kier alpha value is -2.88. The van der Waals surface area contributed by atoms with E-state index in [0.717, 1.165) is 0 Å². The molecule has 0 aliphatic rings. The highest BCUT2D eigenvalue weighted by Gasteiger charge is 2.17. The quantitative estimate of drug-likeness (QED) is 0.485. The van der Waals surface area contributed by atoms with E-state index in [1.165, 1.54) is 36.7 Å². The van der Waals surface area contributed by atoms with E-state index in [0.29, 0.717) is 26.9 Å². The van der Waals surface area contributed by atoms with Crippen molar-refractivity contribution in [1.29, 1.82) is 0 Å². The summed E-state index contributed by atoms with van der Waals surface area (Å²) in [5.74, 6) is -0.194. The van der Waals surface area contributed by atoms with Crippen molar-refractivity contribution in [3.8, 4) is 0 Å². The number of rotatable bonds is 6. The van der Waals surface area contributed by atoms with Gasteiger partial charge in [0.2, 0.25) is 5.95 Å². The normalized spacial score (nSPS) is 12.2. The predicted molar refractivity (Wildman–Crippen MR) is 121 cm³/mol. The van der Waals surface area contributed by atoms with Crippen molar-refractivity contribution < 1.29 is 13.2 Å². The number of carbonyl (C=O) groups excluding carboxylic acids is 1. The van der Waals surface area contributed by atoms with E-state index in [1.54, 1.807) is 25.1 Å². The number of nitrogens with two attached hydrogens (primary N) is 1. The molecule has 0 radical (unpaired) electrons. The summed E-state index contributed by atoms with van der Waals surface area (Å²) in [4.78, 5) is 20.0. The van der Waals surface area contributed by atoms with Gasteiger partial charge in [0.1, 0.15) is 0 Å². The summed E-state index contributed by atoms with van der Waals surface area (Å²) in [5.41, 5.74) is 6.94. The van der Waals surface area contributed by atoms with Gasteiger partial charge in [0, 0.05) is 23.6 Å². The summed E-state index contributed by atoms with van der Waals surface area (Å²) in [6, 6.07) is 10.1. The first-order chi connectivity index (χ1) is 14.7. The minimum atomic E-state index is -3.61. The molecule has 0 aliphatic carbocycles. The Kier molecular flexibility index (Phi) is 6.99. The number of nitrogens with one attached hydrogen (secondary N) is 2. The molecule has 3 aromatic rings. The number of hydrogen-bond donors (Lipinski definition) is 3. The van der Waals surface area contributed by atoms with Crippen LogP contribution < -0.4 is 16.4 Å². The molecule has 3 rings (SSSR count). The lowest BCUT2D eigenvalue weighted by atomic mass is 10.1. The van der Waals surface area contributed by atoms with Crippen LogP contribution in [0.25, 0.3) is 0 Å². The SMILES string of the molecule is C[C@H](NC(=O)Nc1ccc(S(=O)(=O)Cc2cnc(N)nc2)cc1)c1cccc(Cl)c1Cl. The summed E-state index contributed by atoms with van der Waals surface area (Å²) in [7, 11) is -3.61. The highest BCUT2D eigenvalue weighted by atomic mass is 35.5. The molecule has 0 bridgehead atoms. The molecular formula is C20H19Cl2N5O3S. The van der Waals surface area contributed by atoms with Gasteiger partial charge in [-0.2, -0.15) is 0 Å². The molecule has 1 atom stereocenters. The Bertz CT molecular complexity index is 1190. The van der Waals surface area contributed by atoms with Gasteiger partial charge in [-0.25, -0.2) is 23.2 Å². The van der Waals surface area contributed by atoms with E-state index in [4.69, 9.17) is 28.9 Å². The van der Waals surface area contributed by atoms with E-state index in [2.05, 4.69) is 20.6 Å². The molecule has 1 aromatic heterocycles. The maximum Gasteiger partial charge on any atom is 0.319 e. The summed E-state index contributed by atoms with van der Waals surface area (Å²) in [5, 5.41) is 6.19. The standard InChI is InChI=1S/C20H19Cl2N5O3S/c1-12(16-3-2-4-17(21)18(16)22)26-20(28)27-14-5-7-15(8-6-14)31(29,30)11-13-9-24-19(23)25-10-13/h2-10,12H,11H2,1H3,(H2,23,24,25)(H2,26,27,28)/t12-/m0/s1. The average Bonchev–Trinajstić information content (AvgIpc) is 2.72. The fourth-order valence-electron chi connectivity index (χ4n) is 2.78. The van der Waals surface area contributed by atoms with E-state index in [9.17, 15) is 13.2 Å². The Morgan fingerprint density at radius 2 is 1.74 bits per heavy atom. The topological polar surface area (TPSA) is 127 Å². The minimum Gasteiger partial charge on any atom is -0.368 e. The molecule has 1 heterocycles. The van der Waals surface area contributed by atoms with Crippen LogP contribution in [-0.2, 0) is 15.6 Å².